The molecule has 2 N–H and O–H groups in total. The molecule has 0 bridgehead atoms. The third-order valence-electron chi connectivity index (χ3n) is 2.88. The maximum atomic E-state index is 12.2. The van der Waals surface area contributed by atoms with Gasteiger partial charge in [-0.2, -0.15) is 95.9 Å². The Morgan fingerprint density at radius 2 is 0.500 bits per heavy atom. The summed E-state index contributed by atoms with van der Waals surface area (Å²) in [6.45, 7) is 0. The zero-order valence-electron chi connectivity index (χ0n) is 14.1. The molecule has 6 nitrogen and oxygen atoms in total. The first-order valence-electron chi connectivity index (χ1n) is 6.34. The van der Waals surface area contributed by atoms with Crippen LogP contribution in [0.5, 0.6) is 0 Å². The van der Waals surface area contributed by atoms with Crippen molar-refractivity contribution in [3.8, 4) is 0 Å². The van der Waals surface area contributed by atoms with E-state index in [0.717, 1.165) is 0 Å². The van der Waals surface area contributed by atoms with Crippen molar-refractivity contribution in [2.24, 2.45) is 0 Å². The van der Waals surface area contributed by atoms with Gasteiger partial charge in [0.1, 0.15) is 0 Å². The number of rotatable bonds is 6. The predicted molar refractivity (Wildman–Crippen MR) is 64.9 cm³/mol. The molecule has 34 heavy (non-hydrogen) atoms. The lowest BCUT2D eigenvalue weighted by Gasteiger charge is -2.31. The first-order valence-corrected chi connectivity index (χ1v) is 9.22. The molecule has 0 atom stereocenters. The second-order valence-corrected chi connectivity index (χ2v) is 8.20. The second-order valence-electron chi connectivity index (χ2n) is 5.28. The second kappa shape index (κ2) is 8.59. The first kappa shape index (κ1) is 34.7. The number of hydrogen-bond acceptors (Lipinski definition) is 4. The van der Waals surface area contributed by atoms with Crippen LogP contribution >= 0.6 is 0 Å². The van der Waals surface area contributed by atoms with E-state index in [1.165, 1.54) is 0 Å². The third kappa shape index (κ3) is 5.36. The lowest BCUT2D eigenvalue weighted by atomic mass is 10.1. The van der Waals surface area contributed by atoms with E-state index in [0.29, 0.717) is 0 Å². The Labute approximate surface area is 173 Å². The summed E-state index contributed by atoms with van der Waals surface area (Å²) >= 11 is 0. The molecule has 0 fully saturated rings. The Balaban J connectivity index is 0. The highest BCUT2D eigenvalue weighted by Gasteiger charge is 2.86. The fraction of sp³-hybridized carbons (Fsp3) is 1.00. The van der Waals surface area contributed by atoms with Crippen LogP contribution in [0.25, 0.3) is 0 Å². The van der Waals surface area contributed by atoms with Crippen molar-refractivity contribution in [3.63, 3.8) is 0 Å². The molecule has 0 rings (SSSR count). The van der Waals surface area contributed by atoms with Crippen molar-refractivity contribution in [2.75, 3.05) is 0 Å². The largest absolute Gasteiger partial charge is 0.460 e. The van der Waals surface area contributed by atoms with Crippen LogP contribution < -0.4 is 0 Å². The summed E-state index contributed by atoms with van der Waals surface area (Å²) < 4.78 is 268. The molecule has 0 aromatic heterocycles. The third-order valence-corrected chi connectivity index (χ3v) is 4.69. The van der Waals surface area contributed by atoms with E-state index >= 15 is 0 Å². The van der Waals surface area contributed by atoms with Gasteiger partial charge >= 0.3 is 66.8 Å². The smallest absolute Gasteiger partial charge is 0.281 e. The standard InChI is InChI=1S/2C4HF9O3S/c2*5-1(6,3(9,10)11)2(7,8)4(12,13)17(14,15)16/h2*(H,14,15,16). The topological polar surface area (TPSA) is 109 Å². The van der Waals surface area contributed by atoms with E-state index < -0.39 is 66.8 Å². The van der Waals surface area contributed by atoms with Crippen molar-refractivity contribution >= 4 is 20.2 Å². The summed E-state index contributed by atoms with van der Waals surface area (Å²) in [5, 5.41) is -14.0. The fourth-order valence-corrected chi connectivity index (χ4v) is 1.95. The van der Waals surface area contributed by atoms with Crippen molar-refractivity contribution in [1.29, 1.82) is 0 Å². The molecule has 0 unspecified atom stereocenters. The van der Waals surface area contributed by atoms with Crippen molar-refractivity contribution in [1.82, 2.24) is 0 Å². The van der Waals surface area contributed by atoms with Crippen molar-refractivity contribution in [3.05, 3.63) is 0 Å². The highest BCUT2D eigenvalue weighted by molar-refractivity contribution is 7.87. The Morgan fingerprint density at radius 3 is 0.588 bits per heavy atom. The van der Waals surface area contributed by atoms with Crippen LogP contribution in [0.2, 0.25) is 0 Å². The molecular weight excluding hydrogens is 598 g/mol. The van der Waals surface area contributed by atoms with Crippen molar-refractivity contribution < 1.29 is 105 Å². The molecule has 0 radical (unpaired) electrons. The lowest BCUT2D eigenvalue weighted by Crippen LogP contribution is -2.63. The summed E-state index contributed by atoms with van der Waals surface area (Å²) in [5.41, 5.74) is 0. The van der Waals surface area contributed by atoms with Crippen LogP contribution in [0.15, 0.2) is 0 Å². The molecule has 0 saturated heterocycles. The molecule has 0 aliphatic heterocycles. The Hall–Kier alpha value is -1.44. The van der Waals surface area contributed by atoms with Gasteiger partial charge in [0.05, 0.1) is 0 Å². The molecule has 0 aromatic rings. The van der Waals surface area contributed by atoms with Gasteiger partial charge < -0.3 is 0 Å². The van der Waals surface area contributed by atoms with Gasteiger partial charge in [-0.15, -0.1) is 0 Å². The Morgan fingerprint density at radius 1 is 0.353 bits per heavy atom. The molecule has 26 heteroatoms. The van der Waals surface area contributed by atoms with Gasteiger partial charge in [0, 0.05) is 0 Å². The molecule has 0 aliphatic rings. The molecule has 0 amide bonds. The molecule has 0 aliphatic carbocycles. The zero-order valence-corrected chi connectivity index (χ0v) is 15.8. The molecule has 0 heterocycles. The van der Waals surface area contributed by atoms with Crippen LogP contribution in [-0.2, 0) is 20.2 Å². The molecule has 0 saturated carbocycles. The lowest BCUT2D eigenvalue weighted by molar-refractivity contribution is -0.382. The Bertz CT molecular complexity index is 864. The summed E-state index contributed by atoms with van der Waals surface area (Å²) in [4.78, 5) is 0. The monoisotopic (exact) mass is 600 g/mol. The summed E-state index contributed by atoms with van der Waals surface area (Å²) in [7, 11) is -14.3. The van der Waals surface area contributed by atoms with Gasteiger partial charge in [0.25, 0.3) is 0 Å². The van der Waals surface area contributed by atoms with E-state index in [4.69, 9.17) is 9.11 Å². The first-order chi connectivity index (χ1) is 14.0. The number of halogens is 18. The van der Waals surface area contributed by atoms with Gasteiger partial charge in [-0.25, -0.2) is 0 Å². The van der Waals surface area contributed by atoms with Crippen LogP contribution in [0.1, 0.15) is 0 Å². The SMILES string of the molecule is O=S(=O)(O)C(F)(F)C(F)(F)C(F)(F)C(F)(F)F.O=S(=O)(O)C(F)(F)C(F)(F)C(F)(F)C(F)(F)F. The summed E-state index contributed by atoms with van der Waals surface area (Å²) in [5.74, 6) is -29.4. The van der Waals surface area contributed by atoms with E-state index in [2.05, 4.69) is 0 Å². The molecule has 0 spiro atoms. The minimum atomic E-state index is -7.37. The quantitative estimate of drug-likeness (QED) is 0.341. The van der Waals surface area contributed by atoms with Gasteiger partial charge in [0.15, 0.2) is 0 Å². The number of alkyl halides is 18. The van der Waals surface area contributed by atoms with Crippen LogP contribution in [0, 0.1) is 0 Å². The summed E-state index contributed by atoms with van der Waals surface area (Å²) in [6, 6.07) is 0. The maximum Gasteiger partial charge on any atom is 0.460 e. The average molecular weight is 600 g/mol. The van der Waals surface area contributed by atoms with E-state index in [9.17, 15) is 95.9 Å². The van der Waals surface area contributed by atoms with Gasteiger partial charge in [-0.1, -0.05) is 0 Å². The minimum absolute atomic E-state index is 7.00. The van der Waals surface area contributed by atoms with E-state index in [-0.39, 0.29) is 0 Å². The molecular formula is C8H2F18O6S2. The predicted octanol–water partition coefficient (Wildman–Crippen LogP) is 4.60. The van der Waals surface area contributed by atoms with Gasteiger partial charge in [-0.3, -0.25) is 9.11 Å². The van der Waals surface area contributed by atoms with E-state index in [1.807, 2.05) is 0 Å². The van der Waals surface area contributed by atoms with Crippen LogP contribution in [-0.4, -0.2) is 72.5 Å². The number of hydrogen-bond donors (Lipinski definition) is 2. The van der Waals surface area contributed by atoms with Gasteiger partial charge in [-0.05, 0) is 0 Å². The maximum absolute atomic E-state index is 12.2. The van der Waals surface area contributed by atoms with E-state index in [1.54, 1.807) is 0 Å². The highest BCUT2D eigenvalue weighted by Crippen LogP contribution is 2.55. The highest BCUT2D eigenvalue weighted by atomic mass is 32.2. The minimum Gasteiger partial charge on any atom is -0.281 e. The van der Waals surface area contributed by atoms with Crippen LogP contribution in [0.4, 0.5) is 79.0 Å². The van der Waals surface area contributed by atoms with Crippen molar-refractivity contribution in [2.45, 2.75) is 46.6 Å². The van der Waals surface area contributed by atoms with Gasteiger partial charge in [0.2, 0.25) is 0 Å². The zero-order chi connectivity index (χ0) is 29.0. The molecule has 208 valence electrons. The average Bonchev–Trinajstić information content (AvgIpc) is 2.50. The van der Waals surface area contributed by atoms with Crippen LogP contribution in [0.3, 0.4) is 0 Å². The normalized spacial score (nSPS) is 16.1. The molecule has 0 aromatic carbocycles. The summed E-state index contributed by atoms with van der Waals surface area (Å²) in [6.07, 6.45) is -14.3. The fourth-order valence-electron chi connectivity index (χ4n) is 1.05. The Kier molecular flexibility index (Phi) is 8.78.